The summed E-state index contributed by atoms with van der Waals surface area (Å²) >= 11 is 0. The van der Waals surface area contributed by atoms with E-state index >= 15 is 0 Å². The van der Waals surface area contributed by atoms with Crippen LogP contribution in [0.25, 0.3) is 0 Å². The molecule has 0 aromatic carbocycles. The summed E-state index contributed by atoms with van der Waals surface area (Å²) in [5.41, 5.74) is 9.12. The first-order chi connectivity index (χ1) is 9.79. The van der Waals surface area contributed by atoms with Gasteiger partial charge in [-0.25, -0.2) is 0 Å². The predicted octanol–water partition coefficient (Wildman–Crippen LogP) is 3.22. The predicted molar refractivity (Wildman–Crippen MR) is 78.2 cm³/mol. The smallest absolute Gasteiger partial charge is 0.0579 e. The first-order valence-electron chi connectivity index (χ1n) is 8.61. The second-order valence-electron chi connectivity index (χ2n) is 7.91. The van der Waals surface area contributed by atoms with Crippen molar-refractivity contribution in [2.24, 2.45) is 29.4 Å². The van der Waals surface area contributed by atoms with Gasteiger partial charge in [-0.15, -0.1) is 0 Å². The van der Waals surface area contributed by atoms with Crippen LogP contribution in [0.1, 0.15) is 68.3 Å². The first-order valence-corrected chi connectivity index (χ1v) is 8.61. The van der Waals surface area contributed by atoms with Crippen LogP contribution in [0.2, 0.25) is 0 Å². The van der Waals surface area contributed by atoms with Gasteiger partial charge in [0.05, 0.1) is 12.2 Å². The van der Waals surface area contributed by atoms with E-state index in [1.165, 1.54) is 56.2 Å². The third-order valence-electron chi connectivity index (χ3n) is 6.72. The fraction of sp³-hybridized carbons (Fsp3) is 0.824. The summed E-state index contributed by atoms with van der Waals surface area (Å²) in [5.74, 6) is 3.91. The average molecular weight is 271 g/mol. The van der Waals surface area contributed by atoms with Crippen LogP contribution in [0.5, 0.6) is 0 Å². The molecule has 0 amide bonds. The molecule has 1 aromatic rings. The van der Waals surface area contributed by atoms with Crippen molar-refractivity contribution in [3.63, 3.8) is 0 Å². The molecule has 20 heavy (non-hydrogen) atoms. The van der Waals surface area contributed by atoms with Crippen molar-refractivity contribution in [3.8, 4) is 0 Å². The van der Waals surface area contributed by atoms with E-state index in [1.54, 1.807) is 0 Å². The molecule has 4 fully saturated rings. The Labute approximate surface area is 120 Å². The lowest BCUT2D eigenvalue weighted by Crippen LogP contribution is -2.46. The minimum atomic E-state index is 0.240. The van der Waals surface area contributed by atoms with E-state index in [2.05, 4.69) is 10.9 Å². The number of nitrogens with zero attached hydrogens (tertiary/aromatic N) is 2. The number of aromatic nitrogens is 2. The second kappa shape index (κ2) is 4.09. The van der Waals surface area contributed by atoms with Crippen molar-refractivity contribution in [3.05, 3.63) is 17.5 Å². The maximum Gasteiger partial charge on any atom is 0.0579 e. The van der Waals surface area contributed by atoms with Gasteiger partial charge in [-0.1, -0.05) is 0 Å². The Morgan fingerprint density at radius 2 is 1.75 bits per heavy atom. The molecule has 0 aliphatic heterocycles. The average Bonchev–Trinajstić information content (AvgIpc) is 2.83. The van der Waals surface area contributed by atoms with Crippen molar-refractivity contribution in [1.82, 2.24) is 9.78 Å². The van der Waals surface area contributed by atoms with Crippen LogP contribution in [0.4, 0.5) is 0 Å². The monoisotopic (exact) mass is 271 g/mol. The summed E-state index contributed by atoms with van der Waals surface area (Å²) in [7, 11) is 0. The van der Waals surface area contributed by atoms with Crippen LogP contribution in [-0.2, 0) is 6.42 Å². The van der Waals surface area contributed by atoms with Crippen molar-refractivity contribution >= 4 is 0 Å². The van der Waals surface area contributed by atoms with Crippen LogP contribution in [0, 0.1) is 23.7 Å². The minimum absolute atomic E-state index is 0.240. The number of fused-ring (bicyclic) bond motifs is 1. The van der Waals surface area contributed by atoms with Gasteiger partial charge in [0.1, 0.15) is 0 Å². The highest BCUT2D eigenvalue weighted by Crippen LogP contribution is 2.58. The molecule has 5 aliphatic rings. The van der Waals surface area contributed by atoms with E-state index in [0.29, 0.717) is 6.04 Å². The van der Waals surface area contributed by atoms with E-state index in [-0.39, 0.29) is 6.04 Å². The van der Waals surface area contributed by atoms with E-state index < -0.39 is 0 Å². The van der Waals surface area contributed by atoms with Gasteiger partial charge in [-0.05, 0) is 75.0 Å². The zero-order valence-electron chi connectivity index (χ0n) is 12.2. The molecule has 5 aliphatic carbocycles. The fourth-order valence-electron chi connectivity index (χ4n) is 6.17. The third-order valence-corrected chi connectivity index (χ3v) is 6.72. The third kappa shape index (κ3) is 1.53. The molecule has 2 N–H and O–H groups in total. The standard InChI is InChI=1S/C17H25N3/c18-15-2-1-3-16-14(15)9-19-20(16)17-12-5-10-4-11(7-12)8-13(17)6-10/h9-13,15,17H,1-8,18H2. The first kappa shape index (κ1) is 11.8. The Hall–Kier alpha value is -0.830. The van der Waals surface area contributed by atoms with Gasteiger partial charge >= 0.3 is 0 Å². The summed E-state index contributed by atoms with van der Waals surface area (Å²) in [6.45, 7) is 0. The molecule has 4 saturated carbocycles. The zero-order valence-corrected chi connectivity index (χ0v) is 12.2. The van der Waals surface area contributed by atoms with Gasteiger partial charge < -0.3 is 5.73 Å². The highest BCUT2D eigenvalue weighted by atomic mass is 15.3. The van der Waals surface area contributed by atoms with E-state index in [9.17, 15) is 0 Å². The Kier molecular flexibility index (Phi) is 2.41. The van der Waals surface area contributed by atoms with Gasteiger partial charge in [0, 0.05) is 17.3 Å². The number of hydrogen-bond donors (Lipinski definition) is 1. The van der Waals surface area contributed by atoms with Crippen molar-refractivity contribution < 1.29 is 0 Å². The summed E-state index contributed by atoms with van der Waals surface area (Å²) in [6.07, 6.45) is 13.1. The molecule has 0 saturated heterocycles. The molecule has 6 rings (SSSR count). The molecule has 108 valence electrons. The van der Waals surface area contributed by atoms with Crippen molar-refractivity contribution in [2.45, 2.75) is 63.5 Å². The SMILES string of the molecule is NC1CCCc2c1cnn2C1C2CC3CC(C2)CC1C3. The second-order valence-corrected chi connectivity index (χ2v) is 7.91. The van der Waals surface area contributed by atoms with Crippen molar-refractivity contribution in [1.29, 1.82) is 0 Å². The molecule has 1 unspecified atom stereocenters. The van der Waals surface area contributed by atoms with Crippen LogP contribution >= 0.6 is 0 Å². The molecular formula is C17H25N3. The summed E-state index contributed by atoms with van der Waals surface area (Å²) in [4.78, 5) is 0. The van der Waals surface area contributed by atoms with E-state index in [1.807, 2.05) is 0 Å². The lowest BCUT2D eigenvalue weighted by molar-refractivity contribution is -0.0348. The van der Waals surface area contributed by atoms with Crippen LogP contribution in [-0.4, -0.2) is 9.78 Å². The summed E-state index contributed by atoms with van der Waals surface area (Å²) in [5, 5.41) is 4.83. The Balaban J connectivity index is 1.54. The van der Waals surface area contributed by atoms with Gasteiger partial charge in [-0.3, -0.25) is 4.68 Å². The molecule has 0 radical (unpaired) electrons. The van der Waals surface area contributed by atoms with Crippen LogP contribution in [0.15, 0.2) is 6.20 Å². The number of nitrogens with two attached hydrogens (primary N) is 1. The molecule has 0 spiro atoms. The van der Waals surface area contributed by atoms with Crippen LogP contribution < -0.4 is 5.73 Å². The highest BCUT2D eigenvalue weighted by Gasteiger charge is 2.49. The molecule has 1 heterocycles. The fourth-order valence-corrected chi connectivity index (χ4v) is 6.17. The summed E-state index contributed by atoms with van der Waals surface area (Å²) in [6, 6.07) is 0.946. The molecular weight excluding hydrogens is 246 g/mol. The topological polar surface area (TPSA) is 43.8 Å². The van der Waals surface area contributed by atoms with Crippen LogP contribution in [0.3, 0.4) is 0 Å². The lowest BCUT2D eigenvalue weighted by Gasteiger charge is -2.54. The van der Waals surface area contributed by atoms with E-state index in [4.69, 9.17) is 10.8 Å². The van der Waals surface area contributed by atoms with Gasteiger partial charge in [0.2, 0.25) is 0 Å². The highest BCUT2D eigenvalue weighted by molar-refractivity contribution is 5.25. The Bertz CT molecular complexity index is 504. The van der Waals surface area contributed by atoms with Gasteiger partial charge in [-0.2, -0.15) is 5.10 Å². The molecule has 4 bridgehead atoms. The zero-order chi connectivity index (χ0) is 13.3. The lowest BCUT2D eigenvalue weighted by atomic mass is 9.54. The largest absolute Gasteiger partial charge is 0.324 e. The quantitative estimate of drug-likeness (QED) is 0.852. The Morgan fingerprint density at radius 1 is 1.05 bits per heavy atom. The summed E-state index contributed by atoms with van der Waals surface area (Å²) < 4.78 is 2.45. The van der Waals surface area contributed by atoms with E-state index in [0.717, 1.165) is 30.1 Å². The maximum absolute atomic E-state index is 6.28. The maximum atomic E-state index is 6.28. The van der Waals surface area contributed by atoms with Gasteiger partial charge in [0.15, 0.2) is 0 Å². The van der Waals surface area contributed by atoms with Gasteiger partial charge in [0.25, 0.3) is 0 Å². The molecule has 3 nitrogen and oxygen atoms in total. The molecule has 1 atom stereocenters. The molecule has 3 heteroatoms. The normalized spacial score (nSPS) is 45.6. The number of rotatable bonds is 1. The minimum Gasteiger partial charge on any atom is -0.324 e. The molecule has 1 aromatic heterocycles. The number of hydrogen-bond acceptors (Lipinski definition) is 2. The van der Waals surface area contributed by atoms with Crippen molar-refractivity contribution in [2.75, 3.05) is 0 Å². The Morgan fingerprint density at radius 3 is 2.45 bits per heavy atom.